The lowest BCUT2D eigenvalue weighted by molar-refractivity contribution is 0.0946. The monoisotopic (exact) mass is 246 g/mol. The van der Waals surface area contributed by atoms with Crippen LogP contribution in [-0.4, -0.2) is 16.9 Å². The van der Waals surface area contributed by atoms with Crippen molar-refractivity contribution in [3.63, 3.8) is 0 Å². The fraction of sp³-hybridized carbons (Fsp3) is 0.231. The highest BCUT2D eigenvalue weighted by molar-refractivity contribution is 5.96. The average Bonchev–Trinajstić information content (AvgIpc) is 3.13. The zero-order valence-corrected chi connectivity index (χ0v) is 9.50. The first kappa shape index (κ1) is 11.0. The van der Waals surface area contributed by atoms with Gasteiger partial charge in [0.15, 0.2) is 0 Å². The molecule has 2 aromatic rings. The second-order valence-electron chi connectivity index (χ2n) is 4.49. The second-order valence-corrected chi connectivity index (χ2v) is 4.49. The third kappa shape index (κ3) is 1.99. The van der Waals surface area contributed by atoms with E-state index in [1.54, 1.807) is 6.07 Å². The molecule has 1 heterocycles. The number of amides is 1. The van der Waals surface area contributed by atoms with Gasteiger partial charge in [0.25, 0.3) is 11.5 Å². The van der Waals surface area contributed by atoms with Gasteiger partial charge in [-0.15, -0.1) is 0 Å². The van der Waals surface area contributed by atoms with E-state index < -0.39 is 11.4 Å². The summed E-state index contributed by atoms with van der Waals surface area (Å²) in [6.45, 7) is 0. The van der Waals surface area contributed by atoms with Gasteiger partial charge in [-0.3, -0.25) is 9.59 Å². The van der Waals surface area contributed by atoms with Gasteiger partial charge in [0.05, 0.1) is 0 Å². The van der Waals surface area contributed by atoms with Crippen molar-refractivity contribution >= 4 is 16.7 Å². The minimum absolute atomic E-state index is 0.214. The Balaban J connectivity index is 2.06. The number of rotatable bonds is 2. The van der Waals surface area contributed by atoms with Crippen molar-refractivity contribution < 1.29 is 9.18 Å². The lowest BCUT2D eigenvalue weighted by Gasteiger charge is -2.04. The Morgan fingerprint density at radius 3 is 2.83 bits per heavy atom. The summed E-state index contributed by atoms with van der Waals surface area (Å²) in [6.07, 6.45) is 1.96. The highest BCUT2D eigenvalue weighted by atomic mass is 19.1. The maximum absolute atomic E-state index is 13.0. The number of pyridine rings is 1. The third-order valence-electron chi connectivity index (χ3n) is 2.97. The Morgan fingerprint density at radius 2 is 2.11 bits per heavy atom. The standard InChI is InChI=1S/C13H11FN2O2/c14-8-2-1-7-5-11(13(18)15-9-3-4-9)16-12(17)10(7)6-8/h1-2,5-6,9H,3-4H2,(H,15,18)(H,16,17). The number of H-pyrrole nitrogens is 1. The Morgan fingerprint density at radius 1 is 1.33 bits per heavy atom. The van der Waals surface area contributed by atoms with Gasteiger partial charge in [0.1, 0.15) is 11.5 Å². The van der Waals surface area contributed by atoms with E-state index in [1.165, 1.54) is 12.1 Å². The number of hydrogen-bond donors (Lipinski definition) is 2. The van der Waals surface area contributed by atoms with Gasteiger partial charge in [0.2, 0.25) is 0 Å². The predicted octanol–water partition coefficient (Wildman–Crippen LogP) is 1.56. The van der Waals surface area contributed by atoms with Crippen molar-refractivity contribution in [1.29, 1.82) is 0 Å². The van der Waals surface area contributed by atoms with Crippen LogP contribution in [0.25, 0.3) is 10.8 Å². The zero-order chi connectivity index (χ0) is 12.7. The van der Waals surface area contributed by atoms with E-state index in [0.29, 0.717) is 5.39 Å². The van der Waals surface area contributed by atoms with Gasteiger partial charge in [-0.25, -0.2) is 4.39 Å². The summed E-state index contributed by atoms with van der Waals surface area (Å²) >= 11 is 0. The number of nitrogens with one attached hydrogen (secondary N) is 2. The molecule has 1 saturated carbocycles. The smallest absolute Gasteiger partial charge is 0.268 e. The van der Waals surface area contributed by atoms with Gasteiger partial charge in [-0.05, 0) is 36.4 Å². The summed E-state index contributed by atoms with van der Waals surface area (Å²) in [5.74, 6) is -0.760. The topological polar surface area (TPSA) is 62.0 Å². The maximum Gasteiger partial charge on any atom is 0.268 e. The predicted molar refractivity (Wildman–Crippen MR) is 65.0 cm³/mol. The summed E-state index contributed by atoms with van der Waals surface area (Å²) < 4.78 is 13.0. The van der Waals surface area contributed by atoms with Crippen LogP contribution in [0.5, 0.6) is 0 Å². The van der Waals surface area contributed by atoms with Crippen LogP contribution >= 0.6 is 0 Å². The van der Waals surface area contributed by atoms with Crippen LogP contribution in [0.4, 0.5) is 4.39 Å². The second kappa shape index (κ2) is 3.94. The molecule has 4 nitrogen and oxygen atoms in total. The lowest BCUT2D eigenvalue weighted by Crippen LogP contribution is -2.28. The quantitative estimate of drug-likeness (QED) is 0.844. The minimum atomic E-state index is -0.469. The number of carbonyl (C=O) groups excluding carboxylic acids is 1. The van der Waals surface area contributed by atoms with E-state index in [0.717, 1.165) is 18.9 Å². The molecule has 1 amide bonds. The lowest BCUT2D eigenvalue weighted by atomic mass is 10.1. The summed E-state index contributed by atoms with van der Waals surface area (Å²) in [4.78, 5) is 26.0. The van der Waals surface area contributed by atoms with Crippen LogP contribution in [0.3, 0.4) is 0 Å². The molecule has 5 heteroatoms. The van der Waals surface area contributed by atoms with Crippen molar-refractivity contribution in [2.75, 3.05) is 0 Å². The molecule has 2 N–H and O–H groups in total. The van der Waals surface area contributed by atoms with Crippen molar-refractivity contribution in [1.82, 2.24) is 10.3 Å². The van der Waals surface area contributed by atoms with E-state index in [2.05, 4.69) is 10.3 Å². The highest BCUT2D eigenvalue weighted by Crippen LogP contribution is 2.19. The normalized spacial score (nSPS) is 14.7. The molecular weight excluding hydrogens is 235 g/mol. The molecule has 0 unspecified atom stereocenters. The van der Waals surface area contributed by atoms with Crippen molar-refractivity contribution in [3.8, 4) is 0 Å². The molecule has 18 heavy (non-hydrogen) atoms. The molecule has 1 aromatic heterocycles. The SMILES string of the molecule is O=C(NC1CC1)c1cc2ccc(F)cc2c(=O)[nH]1. The Bertz CT molecular complexity index is 689. The summed E-state index contributed by atoms with van der Waals surface area (Å²) in [5.41, 5.74) is -0.237. The molecule has 1 fully saturated rings. The van der Waals surface area contributed by atoms with Crippen LogP contribution < -0.4 is 10.9 Å². The first-order valence-electron chi connectivity index (χ1n) is 5.77. The van der Waals surface area contributed by atoms with E-state index in [4.69, 9.17) is 0 Å². The van der Waals surface area contributed by atoms with E-state index >= 15 is 0 Å². The van der Waals surface area contributed by atoms with E-state index in [1.807, 2.05) is 0 Å². The number of aromatic nitrogens is 1. The first-order valence-corrected chi connectivity index (χ1v) is 5.77. The molecule has 0 atom stereocenters. The third-order valence-corrected chi connectivity index (χ3v) is 2.97. The fourth-order valence-corrected chi connectivity index (χ4v) is 1.85. The number of aromatic amines is 1. The Labute approximate surface area is 102 Å². The van der Waals surface area contributed by atoms with Crippen LogP contribution in [0.1, 0.15) is 23.3 Å². The molecule has 92 valence electrons. The first-order chi connectivity index (χ1) is 8.63. The largest absolute Gasteiger partial charge is 0.348 e. The van der Waals surface area contributed by atoms with E-state index in [9.17, 15) is 14.0 Å². The van der Waals surface area contributed by atoms with Crippen LogP contribution in [0.15, 0.2) is 29.1 Å². The highest BCUT2D eigenvalue weighted by Gasteiger charge is 2.24. The fourth-order valence-electron chi connectivity index (χ4n) is 1.85. The molecule has 1 aliphatic carbocycles. The van der Waals surface area contributed by atoms with E-state index in [-0.39, 0.29) is 23.0 Å². The number of halogens is 1. The molecular formula is C13H11FN2O2. The molecule has 3 rings (SSSR count). The van der Waals surface area contributed by atoms with Crippen molar-refractivity contribution in [2.24, 2.45) is 0 Å². The Kier molecular flexibility index (Phi) is 2.40. The number of hydrogen-bond acceptors (Lipinski definition) is 2. The summed E-state index contributed by atoms with van der Waals surface area (Å²) in [6, 6.07) is 5.72. The van der Waals surface area contributed by atoms with Crippen LogP contribution in [-0.2, 0) is 0 Å². The molecule has 0 aliphatic heterocycles. The zero-order valence-electron chi connectivity index (χ0n) is 9.50. The van der Waals surface area contributed by atoms with Gasteiger partial charge in [-0.2, -0.15) is 0 Å². The van der Waals surface area contributed by atoms with Crippen molar-refractivity contribution in [2.45, 2.75) is 18.9 Å². The molecule has 0 bridgehead atoms. The summed E-state index contributed by atoms with van der Waals surface area (Å²) in [5, 5.41) is 3.59. The van der Waals surface area contributed by atoms with Crippen LogP contribution in [0.2, 0.25) is 0 Å². The molecule has 0 spiro atoms. The van der Waals surface area contributed by atoms with Crippen molar-refractivity contribution in [3.05, 3.63) is 46.1 Å². The number of benzene rings is 1. The summed E-state index contributed by atoms with van der Waals surface area (Å²) in [7, 11) is 0. The Hall–Kier alpha value is -2.17. The van der Waals surface area contributed by atoms with Gasteiger partial charge >= 0.3 is 0 Å². The molecule has 0 radical (unpaired) electrons. The van der Waals surface area contributed by atoms with Gasteiger partial charge < -0.3 is 10.3 Å². The number of carbonyl (C=O) groups is 1. The molecule has 1 aliphatic rings. The number of fused-ring (bicyclic) bond motifs is 1. The average molecular weight is 246 g/mol. The maximum atomic E-state index is 13.0. The van der Waals surface area contributed by atoms with Gasteiger partial charge in [-0.1, -0.05) is 6.07 Å². The van der Waals surface area contributed by atoms with Crippen LogP contribution in [0, 0.1) is 5.82 Å². The minimum Gasteiger partial charge on any atom is -0.348 e. The molecule has 0 saturated heterocycles. The molecule has 1 aromatic carbocycles. The van der Waals surface area contributed by atoms with Gasteiger partial charge in [0, 0.05) is 11.4 Å².